The Morgan fingerprint density at radius 3 is 1.03 bits per heavy atom. The van der Waals surface area contributed by atoms with Gasteiger partial charge >= 0.3 is 0 Å². The van der Waals surface area contributed by atoms with Crippen LogP contribution in [-0.2, 0) is 32.5 Å². The van der Waals surface area contributed by atoms with Gasteiger partial charge in [-0.25, -0.2) is 29.9 Å². The van der Waals surface area contributed by atoms with E-state index in [1.165, 1.54) is 4.57 Å². The Hall–Kier alpha value is -13.6. The number of nitrogens with zero attached hydrogens (tertiary/aromatic N) is 10. The molecule has 0 bridgehead atoms. The first-order valence-electron chi connectivity index (χ1n) is 51.6. The van der Waals surface area contributed by atoms with Gasteiger partial charge in [0.15, 0.2) is 34.9 Å². The summed E-state index contributed by atoms with van der Waals surface area (Å²) in [6.45, 7) is 38.0. The Kier molecular flexibility index (Phi) is 14.6. The van der Waals surface area contributed by atoms with E-state index in [-0.39, 0.29) is 72.1 Å². The summed E-state index contributed by atoms with van der Waals surface area (Å²) in [6, 6.07) is 56.5. The van der Waals surface area contributed by atoms with E-state index in [1.807, 2.05) is 112 Å². The van der Waals surface area contributed by atoms with Crippen LogP contribution in [0.4, 0.5) is 34.1 Å². The molecule has 0 N–H and O–H groups in total. The highest BCUT2D eigenvalue weighted by Crippen LogP contribution is 2.53. The number of anilines is 6. The Labute approximate surface area is 760 Å². The monoisotopic (exact) mass is 1640 g/mol. The van der Waals surface area contributed by atoms with E-state index in [0.717, 1.165) is 77.4 Å². The number of hydrogen-bond acceptors (Lipinski definition) is 8. The third-order valence-electron chi connectivity index (χ3n) is 24.6. The molecular weight excluding hydrogens is 1520 g/mol. The van der Waals surface area contributed by atoms with Crippen LogP contribution in [0.2, 0.25) is 0 Å². The molecule has 0 spiro atoms. The minimum absolute atomic E-state index is 0.131. The van der Waals surface area contributed by atoms with E-state index in [2.05, 4.69) is 227 Å². The van der Waals surface area contributed by atoms with Crippen molar-refractivity contribution in [3.8, 4) is 90.8 Å². The van der Waals surface area contributed by atoms with Crippen LogP contribution in [0.3, 0.4) is 0 Å². The quantitative estimate of drug-likeness (QED) is 0.118. The van der Waals surface area contributed by atoms with Gasteiger partial charge in [-0.1, -0.05) is 343 Å². The molecule has 0 fully saturated rings. The number of para-hydroxylation sites is 2. The first-order chi connectivity index (χ1) is 67.2. The van der Waals surface area contributed by atoms with Crippen molar-refractivity contribution in [3.63, 3.8) is 0 Å². The molecule has 20 rings (SSSR count). The molecule has 0 saturated heterocycles. The fourth-order valence-corrected chi connectivity index (χ4v) is 17.6. The minimum Gasteiger partial charge on any atom is -0.311 e. The van der Waals surface area contributed by atoms with Crippen molar-refractivity contribution in [2.24, 2.45) is 0 Å². The summed E-state index contributed by atoms with van der Waals surface area (Å²) < 4.78 is 176. The molecular formula is C114H105BN10. The van der Waals surface area contributed by atoms with Crippen molar-refractivity contribution >= 4 is 101 Å². The molecule has 10 nitrogen and oxygen atoms in total. The average molecular weight is 1640 g/mol. The fourth-order valence-electron chi connectivity index (χ4n) is 17.6. The molecule has 614 valence electrons. The average Bonchev–Trinajstić information content (AvgIpc) is 1.64. The fraction of sp³-hybridized carbons (Fsp3) is 0.211. The summed E-state index contributed by atoms with van der Waals surface area (Å²) in [6.07, 6.45) is 0. The number of hydrogen-bond donors (Lipinski definition) is 0. The predicted molar refractivity (Wildman–Crippen MR) is 526 cm³/mol. The van der Waals surface area contributed by atoms with Crippen molar-refractivity contribution in [1.29, 1.82) is 0 Å². The zero-order valence-electron chi connectivity index (χ0n) is 91.6. The van der Waals surface area contributed by atoms with E-state index in [9.17, 15) is 21.9 Å². The Morgan fingerprint density at radius 1 is 0.240 bits per heavy atom. The predicted octanol–water partition coefficient (Wildman–Crippen LogP) is 27.8. The molecule has 4 aromatic heterocycles. The smallest absolute Gasteiger partial charge is 0.252 e. The lowest BCUT2D eigenvalue weighted by atomic mass is 9.33. The van der Waals surface area contributed by atoms with Gasteiger partial charge in [0.05, 0.1) is 63.8 Å². The van der Waals surface area contributed by atoms with Crippen molar-refractivity contribution in [3.05, 3.63) is 342 Å². The molecule has 0 radical (unpaired) electrons. The van der Waals surface area contributed by atoms with Gasteiger partial charge in [0.1, 0.15) is 0 Å². The molecule has 6 heterocycles. The molecule has 18 aromatic rings. The zero-order chi connectivity index (χ0) is 102. The second-order valence-electron chi connectivity index (χ2n) is 39.2. The van der Waals surface area contributed by atoms with E-state index >= 15 is 0 Å². The molecule has 14 aromatic carbocycles. The van der Waals surface area contributed by atoms with Crippen molar-refractivity contribution in [2.75, 3.05) is 9.80 Å². The van der Waals surface area contributed by atoms with Gasteiger partial charge in [0.25, 0.3) is 6.71 Å². The molecule has 2 aliphatic heterocycles. The van der Waals surface area contributed by atoms with Gasteiger partial charge in [-0.05, 0) is 184 Å². The Bertz CT molecular complexity index is 8150. The number of aromatic nitrogens is 8. The van der Waals surface area contributed by atoms with Crippen molar-refractivity contribution in [2.45, 2.75) is 157 Å². The lowest BCUT2D eigenvalue weighted by Gasteiger charge is -2.45. The third-order valence-corrected chi connectivity index (χ3v) is 24.6. The topological polar surface area (TPSA) is 93.7 Å². The van der Waals surface area contributed by atoms with Crippen LogP contribution in [0.15, 0.2) is 309 Å². The van der Waals surface area contributed by atoms with Gasteiger partial charge in [-0.15, -0.1) is 0 Å². The van der Waals surface area contributed by atoms with E-state index in [4.69, 9.17) is 32.6 Å². The van der Waals surface area contributed by atoms with Gasteiger partial charge in [0.2, 0.25) is 0 Å². The summed E-state index contributed by atoms with van der Waals surface area (Å²) in [5, 5.41) is 1.72. The normalized spacial score (nSPS) is 15.2. The maximum absolute atomic E-state index is 10.4. The van der Waals surface area contributed by atoms with Crippen molar-refractivity contribution in [1.82, 2.24) is 39.0 Å². The standard InChI is InChI=1S/C114H105BN10/c1-109(2,3)76-48-55-94-86(63-76)87-64-77(110(4,5)6)49-56-95(87)122(94)82-52-54-91-99(67-82)125(97-58-51-79(112(10,11)12)66-89(97)108-120-105(72-39-27-21-28-40-72)117-106(121-108)73-41-29-22-30-42-73)101-69-83(123-92-45-33-31-43-84(92)85-44-32-34-46-93(85)123)68-100-102(101)115(91)90-53-47-74(75-59-80(113(13,14)15)62-81(60-75)114(16,17)18)61-98(90)124(100)96-57-50-78(111(7,8)9)65-88(96)107-118-103(70-35-23-19-24-36-70)116-104(119-107)71-37-25-20-26-38-71/h19-69H,1-18H3/i19D,20D,23D,24D,25D,26D,31D,32D,33D,34D,35D,36D,37D,38D,43D,44D,45D,46D. The molecule has 0 aliphatic carbocycles. The van der Waals surface area contributed by atoms with E-state index in [0.29, 0.717) is 67.8 Å². The van der Waals surface area contributed by atoms with Crippen LogP contribution in [0.1, 0.15) is 183 Å². The van der Waals surface area contributed by atoms with Crippen LogP contribution in [0.5, 0.6) is 0 Å². The molecule has 0 amide bonds. The van der Waals surface area contributed by atoms with Gasteiger partial charge in [0, 0.05) is 83.4 Å². The minimum atomic E-state index is -0.847. The Balaban J connectivity index is 1.02. The second kappa shape index (κ2) is 29.5. The second-order valence-corrected chi connectivity index (χ2v) is 39.2. The maximum atomic E-state index is 10.4. The van der Waals surface area contributed by atoms with Crippen LogP contribution in [0, 0.1) is 0 Å². The third kappa shape index (κ3) is 14.2. The number of fused-ring (bicyclic) bond motifs is 10. The molecule has 125 heavy (non-hydrogen) atoms. The highest BCUT2D eigenvalue weighted by atomic mass is 15.2. The Morgan fingerprint density at radius 2 is 0.600 bits per heavy atom. The summed E-state index contributed by atoms with van der Waals surface area (Å²) in [4.78, 5) is 36.2. The van der Waals surface area contributed by atoms with Crippen molar-refractivity contribution < 1.29 is 24.7 Å². The molecule has 0 saturated carbocycles. The van der Waals surface area contributed by atoms with Crippen LogP contribution < -0.4 is 26.2 Å². The van der Waals surface area contributed by atoms with Gasteiger partial charge in [-0.3, -0.25) is 0 Å². The van der Waals surface area contributed by atoms with E-state index in [1.54, 1.807) is 0 Å². The SMILES string of the molecule is [2H]c1c([2H])c([2H])c(-c2nc(-c3cc(C(C)(C)C)ccc3N3c4cc(-c5cc(C(C)(C)C)cc(C(C)(C)C)c5)ccc4B4c5ccc(-n6c7ccc(C(C)(C)C)cc7c7cc(C(C)(C)C)ccc76)cc5N(c5ccc(C(C)(C)C)cc5-c5nc(-c6ccccc6)nc(-c6ccccc6)n5)c5cc(-n6c7c([2H])c([2H])c([2H])c([2H])c7c7c([2H])c([2H])c([2H])c([2H])c76)cc3c54)nc(-c3c([2H])c([2H])c([2H])c([2H])c3[2H])n2)c([2H])c1[2H]. The lowest BCUT2D eigenvalue weighted by molar-refractivity contribution is 0.569. The molecule has 2 aliphatic rings. The van der Waals surface area contributed by atoms with Gasteiger partial charge < -0.3 is 18.9 Å². The number of rotatable bonds is 11. The summed E-state index contributed by atoms with van der Waals surface area (Å²) >= 11 is 0. The molecule has 0 atom stereocenters. The van der Waals surface area contributed by atoms with Gasteiger partial charge in [-0.2, -0.15) is 0 Å². The number of benzene rings is 14. The zero-order valence-corrected chi connectivity index (χ0v) is 73.6. The molecule has 0 unspecified atom stereocenters. The molecule has 11 heteroatoms. The lowest BCUT2D eigenvalue weighted by Crippen LogP contribution is -2.61. The maximum Gasteiger partial charge on any atom is 0.252 e. The first-order valence-corrected chi connectivity index (χ1v) is 42.6. The summed E-state index contributed by atoms with van der Waals surface area (Å²) in [5.74, 6) is -0.247. The summed E-state index contributed by atoms with van der Waals surface area (Å²) in [7, 11) is 0. The van der Waals surface area contributed by atoms with Crippen LogP contribution >= 0.6 is 0 Å². The van der Waals surface area contributed by atoms with Crippen LogP contribution in [0.25, 0.3) is 134 Å². The highest BCUT2D eigenvalue weighted by Gasteiger charge is 2.46. The highest BCUT2D eigenvalue weighted by molar-refractivity contribution is 7.00. The first kappa shape index (κ1) is 61.6. The van der Waals surface area contributed by atoms with Crippen LogP contribution in [-0.4, -0.2) is 45.8 Å². The largest absolute Gasteiger partial charge is 0.311 e. The van der Waals surface area contributed by atoms with E-state index < -0.39 is 149 Å². The summed E-state index contributed by atoms with van der Waals surface area (Å²) in [5.41, 5.74) is 13.5.